The van der Waals surface area contributed by atoms with Gasteiger partial charge in [-0.15, -0.1) is 0 Å². The monoisotopic (exact) mass is 371 g/mol. The zero-order valence-corrected chi connectivity index (χ0v) is 15.5. The van der Waals surface area contributed by atoms with E-state index in [0.29, 0.717) is 11.0 Å². The Morgan fingerprint density at radius 2 is 1.88 bits per heavy atom. The summed E-state index contributed by atoms with van der Waals surface area (Å²) >= 11 is 5.97. The van der Waals surface area contributed by atoms with Crippen LogP contribution in [-0.2, 0) is 7.05 Å². The highest BCUT2D eigenvalue weighted by molar-refractivity contribution is 6.30. The average Bonchev–Trinajstić information content (AvgIpc) is 3.28. The molecule has 7 nitrogen and oxygen atoms in total. The van der Waals surface area contributed by atoms with Gasteiger partial charge in [-0.3, -0.25) is 4.68 Å². The number of hydrogen-bond donors (Lipinski definition) is 2. The summed E-state index contributed by atoms with van der Waals surface area (Å²) in [6, 6.07) is 7.54. The lowest BCUT2D eigenvalue weighted by molar-refractivity contribution is 0.352. The van der Waals surface area contributed by atoms with Crippen LogP contribution in [0.5, 0.6) is 0 Å². The SMILES string of the molecule is Cn1ncc2c(Nc3ccc(Cl)cc3)nc(NCCN3CCCC3)nc21. The van der Waals surface area contributed by atoms with E-state index in [-0.39, 0.29) is 0 Å². The van der Waals surface area contributed by atoms with Crippen molar-refractivity contribution in [2.24, 2.45) is 7.05 Å². The predicted molar refractivity (Wildman–Crippen MR) is 105 cm³/mol. The molecule has 8 heteroatoms. The normalized spacial score (nSPS) is 14.8. The Balaban J connectivity index is 1.55. The van der Waals surface area contributed by atoms with E-state index >= 15 is 0 Å². The molecule has 0 aliphatic carbocycles. The molecule has 3 heterocycles. The molecule has 0 atom stereocenters. The van der Waals surface area contributed by atoms with Crippen LogP contribution in [0.15, 0.2) is 30.5 Å². The van der Waals surface area contributed by atoms with Gasteiger partial charge in [0, 0.05) is 30.8 Å². The molecule has 0 radical (unpaired) electrons. The molecular weight excluding hydrogens is 350 g/mol. The number of fused-ring (bicyclic) bond motifs is 1. The van der Waals surface area contributed by atoms with Crippen molar-refractivity contribution in [2.45, 2.75) is 12.8 Å². The van der Waals surface area contributed by atoms with Crippen molar-refractivity contribution in [3.05, 3.63) is 35.5 Å². The van der Waals surface area contributed by atoms with Crippen molar-refractivity contribution in [3.8, 4) is 0 Å². The molecule has 0 amide bonds. The van der Waals surface area contributed by atoms with E-state index in [1.807, 2.05) is 31.3 Å². The molecule has 1 aromatic carbocycles. The molecule has 0 spiro atoms. The van der Waals surface area contributed by atoms with Crippen LogP contribution in [0.25, 0.3) is 11.0 Å². The van der Waals surface area contributed by atoms with Crippen molar-refractivity contribution in [3.63, 3.8) is 0 Å². The number of aromatic nitrogens is 4. The van der Waals surface area contributed by atoms with Crippen molar-refractivity contribution >= 4 is 40.1 Å². The Kier molecular flexibility index (Phi) is 4.90. The Morgan fingerprint density at radius 1 is 1.12 bits per heavy atom. The first-order valence-electron chi connectivity index (χ1n) is 8.87. The number of anilines is 3. The molecule has 0 saturated carbocycles. The highest BCUT2D eigenvalue weighted by Gasteiger charge is 2.13. The maximum absolute atomic E-state index is 5.97. The van der Waals surface area contributed by atoms with E-state index in [4.69, 9.17) is 11.6 Å². The fraction of sp³-hybridized carbons (Fsp3) is 0.389. The number of nitrogens with zero attached hydrogens (tertiary/aromatic N) is 5. The molecule has 1 fully saturated rings. The number of aryl methyl sites for hydroxylation is 1. The van der Waals surface area contributed by atoms with E-state index in [9.17, 15) is 0 Å². The topological polar surface area (TPSA) is 70.9 Å². The molecule has 1 aliphatic rings. The van der Waals surface area contributed by atoms with E-state index in [1.165, 1.54) is 25.9 Å². The van der Waals surface area contributed by atoms with Gasteiger partial charge in [0.2, 0.25) is 5.95 Å². The third-order valence-corrected chi connectivity index (χ3v) is 4.86. The second-order valence-electron chi connectivity index (χ2n) is 6.51. The van der Waals surface area contributed by atoms with Gasteiger partial charge >= 0.3 is 0 Å². The van der Waals surface area contributed by atoms with Crippen molar-refractivity contribution in [1.29, 1.82) is 0 Å². The van der Waals surface area contributed by atoms with Crippen molar-refractivity contribution < 1.29 is 0 Å². The van der Waals surface area contributed by atoms with Gasteiger partial charge in [0.25, 0.3) is 0 Å². The summed E-state index contributed by atoms with van der Waals surface area (Å²) in [6.45, 7) is 4.20. The number of likely N-dealkylation sites (tertiary alicyclic amines) is 1. The summed E-state index contributed by atoms with van der Waals surface area (Å²) in [5, 5.41) is 12.6. The van der Waals surface area contributed by atoms with Gasteiger partial charge in [-0.1, -0.05) is 11.6 Å². The van der Waals surface area contributed by atoms with E-state index in [1.54, 1.807) is 10.9 Å². The first-order valence-corrected chi connectivity index (χ1v) is 9.25. The first-order chi connectivity index (χ1) is 12.7. The number of halogens is 1. The molecule has 4 rings (SSSR count). The smallest absolute Gasteiger partial charge is 0.226 e. The minimum absolute atomic E-state index is 0.608. The molecule has 26 heavy (non-hydrogen) atoms. The number of benzene rings is 1. The van der Waals surface area contributed by atoms with Crippen LogP contribution in [0.4, 0.5) is 17.5 Å². The van der Waals surface area contributed by atoms with Crippen LogP contribution < -0.4 is 10.6 Å². The third kappa shape index (κ3) is 3.73. The minimum atomic E-state index is 0.608. The first kappa shape index (κ1) is 17.1. The van der Waals surface area contributed by atoms with Crippen molar-refractivity contribution in [1.82, 2.24) is 24.6 Å². The van der Waals surface area contributed by atoms with Gasteiger partial charge in [0.15, 0.2) is 5.65 Å². The Morgan fingerprint density at radius 3 is 2.65 bits per heavy atom. The number of hydrogen-bond acceptors (Lipinski definition) is 6. The lowest BCUT2D eigenvalue weighted by Gasteiger charge is -2.15. The second kappa shape index (κ2) is 7.47. The fourth-order valence-electron chi connectivity index (χ4n) is 3.20. The average molecular weight is 372 g/mol. The molecule has 0 bridgehead atoms. The van der Waals surface area contributed by atoms with Crippen molar-refractivity contribution in [2.75, 3.05) is 36.8 Å². The maximum Gasteiger partial charge on any atom is 0.226 e. The molecule has 136 valence electrons. The highest BCUT2D eigenvalue weighted by Crippen LogP contribution is 2.25. The molecule has 1 aliphatic heterocycles. The van der Waals surface area contributed by atoms with Crippen LogP contribution >= 0.6 is 11.6 Å². The lowest BCUT2D eigenvalue weighted by Crippen LogP contribution is -2.26. The van der Waals surface area contributed by atoms with Crippen LogP contribution in [0.3, 0.4) is 0 Å². The number of nitrogens with one attached hydrogen (secondary N) is 2. The van der Waals surface area contributed by atoms with Crippen LogP contribution in [-0.4, -0.2) is 50.8 Å². The zero-order valence-electron chi connectivity index (χ0n) is 14.7. The molecular formula is C18H22ClN7. The molecule has 0 unspecified atom stereocenters. The maximum atomic E-state index is 5.97. The summed E-state index contributed by atoms with van der Waals surface area (Å²) in [5.41, 5.74) is 1.71. The van der Waals surface area contributed by atoms with Gasteiger partial charge < -0.3 is 15.5 Å². The summed E-state index contributed by atoms with van der Waals surface area (Å²) < 4.78 is 1.76. The van der Waals surface area contributed by atoms with Crippen LogP contribution in [0, 0.1) is 0 Å². The van der Waals surface area contributed by atoms with E-state index in [0.717, 1.165) is 35.6 Å². The van der Waals surface area contributed by atoms with Gasteiger partial charge in [-0.05, 0) is 50.2 Å². The molecule has 2 N–H and O–H groups in total. The molecule has 3 aromatic rings. The van der Waals surface area contributed by atoms with E-state index < -0.39 is 0 Å². The Labute approximate surface area is 157 Å². The van der Waals surface area contributed by atoms with E-state index in [2.05, 4.69) is 30.6 Å². The summed E-state index contributed by atoms with van der Waals surface area (Å²) in [5.74, 6) is 1.34. The third-order valence-electron chi connectivity index (χ3n) is 4.61. The largest absolute Gasteiger partial charge is 0.353 e. The zero-order chi connectivity index (χ0) is 17.9. The fourth-order valence-corrected chi connectivity index (χ4v) is 3.32. The Hall–Kier alpha value is -2.38. The van der Waals surface area contributed by atoms with Crippen LogP contribution in [0.1, 0.15) is 12.8 Å². The van der Waals surface area contributed by atoms with Gasteiger partial charge in [-0.25, -0.2) is 0 Å². The summed E-state index contributed by atoms with van der Waals surface area (Å²) in [7, 11) is 1.88. The highest BCUT2D eigenvalue weighted by atomic mass is 35.5. The molecule has 2 aromatic heterocycles. The van der Waals surface area contributed by atoms with Gasteiger partial charge in [0.1, 0.15) is 5.82 Å². The second-order valence-corrected chi connectivity index (χ2v) is 6.95. The lowest BCUT2D eigenvalue weighted by atomic mass is 10.3. The predicted octanol–water partition coefficient (Wildman–Crippen LogP) is 3.27. The Bertz CT molecular complexity index is 884. The summed E-state index contributed by atoms with van der Waals surface area (Å²) in [4.78, 5) is 11.7. The standard InChI is InChI=1S/C18H22ClN7/c1-25-17-15(12-21-25)16(22-14-6-4-13(19)5-7-14)23-18(24-17)20-8-11-26-9-2-3-10-26/h4-7,12H,2-3,8-11H2,1H3,(H2,20,22,23,24). The van der Waals surface area contributed by atoms with Gasteiger partial charge in [0.05, 0.1) is 11.6 Å². The van der Waals surface area contributed by atoms with Crippen LogP contribution in [0.2, 0.25) is 5.02 Å². The molecule has 1 saturated heterocycles. The minimum Gasteiger partial charge on any atom is -0.353 e. The quantitative estimate of drug-likeness (QED) is 0.693. The number of rotatable bonds is 6. The summed E-state index contributed by atoms with van der Waals surface area (Å²) in [6.07, 6.45) is 4.38. The van der Waals surface area contributed by atoms with Gasteiger partial charge in [-0.2, -0.15) is 15.1 Å².